The fourth-order valence-corrected chi connectivity index (χ4v) is 4.71. The molecule has 30 heavy (non-hydrogen) atoms. The molecule has 8 heteroatoms. The second kappa shape index (κ2) is 8.65. The fourth-order valence-electron chi connectivity index (χ4n) is 4.71. The van der Waals surface area contributed by atoms with E-state index >= 15 is 0 Å². The van der Waals surface area contributed by atoms with E-state index in [-0.39, 0.29) is 18.7 Å². The summed E-state index contributed by atoms with van der Waals surface area (Å²) >= 11 is 0. The molecule has 1 aromatic carbocycles. The largest absolute Gasteiger partial charge is 0.320 e. The van der Waals surface area contributed by atoms with Crippen molar-refractivity contribution >= 4 is 23.6 Å². The van der Waals surface area contributed by atoms with E-state index in [0.29, 0.717) is 17.0 Å². The molecule has 1 unspecified atom stereocenters. The summed E-state index contributed by atoms with van der Waals surface area (Å²) in [4.78, 5) is 52.9. The zero-order valence-corrected chi connectivity index (χ0v) is 17.3. The van der Waals surface area contributed by atoms with Crippen molar-refractivity contribution in [3.8, 4) is 0 Å². The van der Waals surface area contributed by atoms with Gasteiger partial charge in [-0.25, -0.2) is 0 Å². The molecule has 3 aliphatic rings. The molecule has 0 aromatic heterocycles. The number of rotatable bonds is 6. The van der Waals surface area contributed by atoms with Crippen molar-refractivity contribution in [2.75, 3.05) is 33.2 Å². The van der Waals surface area contributed by atoms with Gasteiger partial charge >= 0.3 is 0 Å². The van der Waals surface area contributed by atoms with E-state index in [1.807, 2.05) is 19.2 Å². The van der Waals surface area contributed by atoms with Gasteiger partial charge < -0.3 is 10.2 Å². The number of amides is 4. The van der Waals surface area contributed by atoms with Gasteiger partial charge in [0, 0.05) is 6.42 Å². The number of carbonyl (C=O) groups excluding carboxylic acids is 4. The molecule has 4 amide bonds. The van der Waals surface area contributed by atoms with Crippen LogP contribution in [0.5, 0.6) is 0 Å². The molecule has 2 fully saturated rings. The van der Waals surface area contributed by atoms with Crippen LogP contribution in [0.1, 0.15) is 64.3 Å². The van der Waals surface area contributed by atoms with Gasteiger partial charge in [0.25, 0.3) is 11.8 Å². The van der Waals surface area contributed by atoms with Crippen molar-refractivity contribution < 1.29 is 19.2 Å². The molecule has 160 valence electrons. The first kappa shape index (κ1) is 20.7. The summed E-state index contributed by atoms with van der Waals surface area (Å²) in [5, 5.41) is 5.40. The summed E-state index contributed by atoms with van der Waals surface area (Å²) in [5.41, 5.74) is 1.80. The maximum absolute atomic E-state index is 13.0. The van der Waals surface area contributed by atoms with Crippen LogP contribution in [0.15, 0.2) is 18.2 Å². The zero-order chi connectivity index (χ0) is 21.3. The highest BCUT2D eigenvalue weighted by Gasteiger charge is 2.44. The number of fused-ring (bicyclic) bond motifs is 1. The quantitative estimate of drug-likeness (QED) is 0.532. The molecule has 0 bridgehead atoms. The molecule has 2 saturated heterocycles. The maximum atomic E-state index is 13.0. The maximum Gasteiger partial charge on any atom is 0.262 e. The predicted octanol–water partition coefficient (Wildman–Crippen LogP) is 0.877. The third-order valence-electron chi connectivity index (χ3n) is 6.42. The molecule has 8 nitrogen and oxygen atoms in total. The molecule has 0 aliphatic carbocycles. The number of piperidine rings is 2. The number of benzene rings is 1. The molecule has 1 aromatic rings. The molecule has 2 N–H and O–H groups in total. The van der Waals surface area contributed by atoms with Gasteiger partial charge in [0.05, 0.1) is 11.1 Å². The Balaban J connectivity index is 1.45. The van der Waals surface area contributed by atoms with E-state index in [9.17, 15) is 19.2 Å². The minimum atomic E-state index is -0.917. The number of carbonyl (C=O) groups is 4. The highest BCUT2D eigenvalue weighted by Crippen LogP contribution is 2.33. The third kappa shape index (κ3) is 3.89. The minimum absolute atomic E-state index is 0.127. The molecule has 3 heterocycles. The van der Waals surface area contributed by atoms with Crippen molar-refractivity contribution in [3.63, 3.8) is 0 Å². The summed E-state index contributed by atoms with van der Waals surface area (Å²) in [5.74, 6) is -1.46. The fraction of sp³-hybridized carbons (Fsp3) is 0.545. The number of imide groups is 2. The van der Waals surface area contributed by atoms with Crippen molar-refractivity contribution in [1.29, 1.82) is 0 Å². The van der Waals surface area contributed by atoms with E-state index in [2.05, 4.69) is 15.5 Å². The molecule has 3 aliphatic heterocycles. The Bertz CT molecular complexity index is 876. The number of hydrogen-bond donors (Lipinski definition) is 2. The molecule has 1 atom stereocenters. The third-order valence-corrected chi connectivity index (χ3v) is 6.42. The summed E-state index contributed by atoms with van der Waals surface area (Å²) in [6.45, 7) is 4.16. The van der Waals surface area contributed by atoms with E-state index in [1.54, 1.807) is 6.07 Å². The van der Waals surface area contributed by atoms with Crippen molar-refractivity contribution in [2.45, 2.75) is 44.1 Å². The van der Waals surface area contributed by atoms with Crippen LogP contribution in [0.2, 0.25) is 0 Å². The summed E-state index contributed by atoms with van der Waals surface area (Å²) in [7, 11) is 1.97. The Kier molecular flexibility index (Phi) is 5.97. The van der Waals surface area contributed by atoms with Gasteiger partial charge in [-0.1, -0.05) is 6.07 Å². The van der Waals surface area contributed by atoms with E-state index in [4.69, 9.17) is 0 Å². The van der Waals surface area contributed by atoms with Gasteiger partial charge in [-0.3, -0.25) is 29.4 Å². The Morgan fingerprint density at radius 3 is 2.47 bits per heavy atom. The zero-order valence-electron chi connectivity index (χ0n) is 17.3. The number of likely N-dealkylation sites (tertiary alicyclic amines) is 1. The van der Waals surface area contributed by atoms with Crippen LogP contribution in [0.4, 0.5) is 0 Å². The van der Waals surface area contributed by atoms with E-state index in [1.165, 1.54) is 0 Å². The van der Waals surface area contributed by atoms with Crippen LogP contribution in [0, 0.1) is 0 Å². The molecule has 4 rings (SSSR count). The van der Waals surface area contributed by atoms with Crippen molar-refractivity contribution in [3.05, 3.63) is 34.9 Å². The van der Waals surface area contributed by atoms with Crippen LogP contribution < -0.4 is 10.6 Å². The van der Waals surface area contributed by atoms with Crippen molar-refractivity contribution in [2.24, 2.45) is 0 Å². The first-order valence-corrected chi connectivity index (χ1v) is 10.7. The minimum Gasteiger partial charge on any atom is -0.320 e. The van der Waals surface area contributed by atoms with E-state index in [0.717, 1.165) is 55.9 Å². The lowest BCUT2D eigenvalue weighted by Gasteiger charge is -2.32. The molecular weight excluding hydrogens is 384 g/mol. The van der Waals surface area contributed by atoms with Crippen LogP contribution >= 0.6 is 0 Å². The molecule has 0 saturated carbocycles. The van der Waals surface area contributed by atoms with Crippen LogP contribution in [-0.2, 0) is 9.59 Å². The van der Waals surface area contributed by atoms with Gasteiger partial charge in [-0.15, -0.1) is 0 Å². The second-order valence-corrected chi connectivity index (χ2v) is 8.33. The monoisotopic (exact) mass is 412 g/mol. The Labute approximate surface area is 176 Å². The van der Waals surface area contributed by atoms with Crippen LogP contribution in [0.25, 0.3) is 0 Å². The molecule has 0 radical (unpaired) electrons. The first-order valence-electron chi connectivity index (χ1n) is 10.7. The highest BCUT2D eigenvalue weighted by atomic mass is 16.2. The van der Waals surface area contributed by atoms with Gasteiger partial charge in [0.15, 0.2) is 0 Å². The van der Waals surface area contributed by atoms with Gasteiger partial charge in [0.2, 0.25) is 11.8 Å². The molecular formula is C22H28N4O4. The van der Waals surface area contributed by atoms with Crippen molar-refractivity contribution in [1.82, 2.24) is 20.4 Å². The highest BCUT2D eigenvalue weighted by molar-refractivity contribution is 6.23. The Morgan fingerprint density at radius 2 is 1.77 bits per heavy atom. The number of nitrogens with zero attached hydrogens (tertiary/aromatic N) is 2. The summed E-state index contributed by atoms with van der Waals surface area (Å²) < 4.78 is 0. The second-order valence-electron chi connectivity index (χ2n) is 8.33. The number of nitrogens with one attached hydrogen (secondary N) is 2. The van der Waals surface area contributed by atoms with Crippen LogP contribution in [-0.4, -0.2) is 72.7 Å². The lowest BCUT2D eigenvalue weighted by molar-refractivity contribution is -0.136. The summed E-state index contributed by atoms with van der Waals surface area (Å²) in [6, 6.07) is 4.58. The number of hydrogen-bond acceptors (Lipinski definition) is 6. The SMILES string of the molecule is CNCCCN1CCC(c2ccc3c(c2)C(=O)N(C2CCC(=O)NC2=O)C3=O)CC1. The topological polar surface area (TPSA) is 98.8 Å². The smallest absolute Gasteiger partial charge is 0.262 e. The normalized spacial score (nSPS) is 23.1. The van der Waals surface area contributed by atoms with Crippen LogP contribution in [0.3, 0.4) is 0 Å². The first-order chi connectivity index (χ1) is 14.5. The lowest BCUT2D eigenvalue weighted by atomic mass is 9.88. The average Bonchev–Trinajstić information content (AvgIpc) is 2.99. The van der Waals surface area contributed by atoms with Gasteiger partial charge in [-0.2, -0.15) is 0 Å². The lowest BCUT2D eigenvalue weighted by Crippen LogP contribution is -2.54. The predicted molar refractivity (Wildman–Crippen MR) is 110 cm³/mol. The molecule has 0 spiro atoms. The van der Waals surface area contributed by atoms with E-state index < -0.39 is 23.8 Å². The Morgan fingerprint density at radius 1 is 1.03 bits per heavy atom. The Hall–Kier alpha value is -2.58. The summed E-state index contributed by atoms with van der Waals surface area (Å²) in [6.07, 6.45) is 3.48. The standard InChI is InChI=1S/C22H28N4O4/c1-23-9-2-10-25-11-7-14(8-12-25)15-3-4-16-17(13-15)22(30)26(21(16)29)18-5-6-19(27)24-20(18)28/h3-4,13-14,18,23H,2,5-12H2,1H3,(H,24,27,28). The average molecular weight is 412 g/mol. The van der Waals surface area contributed by atoms with Gasteiger partial charge in [0.1, 0.15) is 6.04 Å². The van der Waals surface area contributed by atoms with Gasteiger partial charge in [-0.05, 0) is 82.5 Å².